The predicted molar refractivity (Wildman–Crippen MR) is 108 cm³/mol. The summed E-state index contributed by atoms with van der Waals surface area (Å²) in [5, 5.41) is 12.3. The van der Waals surface area contributed by atoms with Crippen LogP contribution in [0.2, 0.25) is 0 Å². The van der Waals surface area contributed by atoms with Crippen LogP contribution >= 0.6 is 12.6 Å². The number of esters is 1. The number of ether oxygens (including phenoxy) is 3. The Hall–Kier alpha value is -0.830. The van der Waals surface area contributed by atoms with E-state index in [0.29, 0.717) is 18.7 Å². The van der Waals surface area contributed by atoms with Gasteiger partial charge in [0.1, 0.15) is 6.61 Å². The van der Waals surface area contributed by atoms with Gasteiger partial charge in [-0.05, 0) is 32.6 Å². The minimum Gasteiger partial charge on any atom is -0.460 e. The molecule has 2 atom stereocenters. The van der Waals surface area contributed by atoms with Crippen LogP contribution in [-0.2, 0) is 23.8 Å². The Kier molecular flexibility index (Phi) is 12.2. The highest BCUT2D eigenvalue weighted by Gasteiger charge is 2.30. The van der Waals surface area contributed by atoms with Gasteiger partial charge in [0, 0.05) is 25.1 Å². The SMILES string of the molecule is CC(C)(C)OC(COC(=O)CCCC(=O)NCCS)OC(CO)C(C)(C)C. The van der Waals surface area contributed by atoms with Gasteiger partial charge in [-0.25, -0.2) is 0 Å². The highest BCUT2D eigenvalue weighted by Crippen LogP contribution is 2.25. The van der Waals surface area contributed by atoms with Crippen LogP contribution in [0, 0.1) is 5.41 Å². The fourth-order valence-corrected chi connectivity index (χ4v) is 2.22. The Labute approximate surface area is 168 Å². The average molecular weight is 408 g/mol. The molecule has 0 rings (SSSR count). The first kappa shape index (κ1) is 26.2. The Bertz CT molecular complexity index is 444. The summed E-state index contributed by atoms with van der Waals surface area (Å²) in [5.74, 6) is 0.0521. The Morgan fingerprint density at radius 1 is 1.11 bits per heavy atom. The zero-order chi connectivity index (χ0) is 21.1. The number of aliphatic hydroxyl groups is 1. The number of hydrogen-bond acceptors (Lipinski definition) is 7. The van der Waals surface area contributed by atoms with Gasteiger partial charge >= 0.3 is 5.97 Å². The Balaban J connectivity index is 4.50. The summed E-state index contributed by atoms with van der Waals surface area (Å²) < 4.78 is 16.9. The zero-order valence-electron chi connectivity index (χ0n) is 17.5. The molecule has 0 heterocycles. The van der Waals surface area contributed by atoms with Crippen LogP contribution in [0.3, 0.4) is 0 Å². The van der Waals surface area contributed by atoms with Gasteiger partial charge in [0.05, 0.1) is 18.3 Å². The van der Waals surface area contributed by atoms with Crippen molar-refractivity contribution >= 4 is 24.5 Å². The number of hydrogen-bond donors (Lipinski definition) is 3. The highest BCUT2D eigenvalue weighted by molar-refractivity contribution is 7.80. The maximum Gasteiger partial charge on any atom is 0.305 e. The minimum absolute atomic E-state index is 0.0749. The molecule has 8 heteroatoms. The molecule has 0 aliphatic heterocycles. The molecule has 0 saturated heterocycles. The largest absolute Gasteiger partial charge is 0.460 e. The van der Waals surface area contributed by atoms with Crippen LogP contribution in [0.25, 0.3) is 0 Å². The molecule has 0 fully saturated rings. The normalized spacial score (nSPS) is 14.5. The average Bonchev–Trinajstić information content (AvgIpc) is 2.52. The van der Waals surface area contributed by atoms with Gasteiger partial charge in [0.25, 0.3) is 0 Å². The molecule has 0 aliphatic rings. The lowest BCUT2D eigenvalue weighted by atomic mass is 9.89. The number of amides is 1. The molecule has 0 aromatic rings. The van der Waals surface area contributed by atoms with E-state index in [9.17, 15) is 14.7 Å². The number of thiol groups is 1. The maximum absolute atomic E-state index is 11.9. The van der Waals surface area contributed by atoms with Crippen molar-refractivity contribution < 1.29 is 28.9 Å². The van der Waals surface area contributed by atoms with Crippen LogP contribution in [0.5, 0.6) is 0 Å². The summed E-state index contributed by atoms with van der Waals surface area (Å²) >= 11 is 4.02. The molecule has 0 spiro atoms. The van der Waals surface area contributed by atoms with E-state index in [-0.39, 0.29) is 37.4 Å². The van der Waals surface area contributed by atoms with E-state index in [4.69, 9.17) is 14.2 Å². The fraction of sp³-hybridized carbons (Fsp3) is 0.895. The highest BCUT2D eigenvalue weighted by atomic mass is 32.1. The number of carbonyl (C=O) groups is 2. The molecule has 160 valence electrons. The first-order valence-corrected chi connectivity index (χ1v) is 9.99. The third-order valence-electron chi connectivity index (χ3n) is 3.53. The summed E-state index contributed by atoms with van der Waals surface area (Å²) in [6, 6.07) is 0. The summed E-state index contributed by atoms with van der Waals surface area (Å²) in [7, 11) is 0. The molecular formula is C19H37NO6S. The van der Waals surface area contributed by atoms with Gasteiger partial charge in [-0.2, -0.15) is 12.6 Å². The summed E-state index contributed by atoms with van der Waals surface area (Å²) in [4.78, 5) is 23.4. The van der Waals surface area contributed by atoms with Crippen molar-refractivity contribution in [2.75, 3.05) is 25.5 Å². The lowest BCUT2D eigenvalue weighted by Crippen LogP contribution is -2.42. The zero-order valence-corrected chi connectivity index (χ0v) is 18.4. The number of rotatable bonds is 12. The molecule has 0 bridgehead atoms. The van der Waals surface area contributed by atoms with Gasteiger partial charge in [-0.1, -0.05) is 20.8 Å². The van der Waals surface area contributed by atoms with E-state index < -0.39 is 24.0 Å². The van der Waals surface area contributed by atoms with Gasteiger partial charge in [0.15, 0.2) is 6.29 Å². The fourth-order valence-electron chi connectivity index (χ4n) is 2.11. The molecular weight excluding hydrogens is 370 g/mol. The molecule has 2 N–H and O–H groups in total. The minimum atomic E-state index is -0.788. The molecule has 0 aromatic carbocycles. The topological polar surface area (TPSA) is 94.1 Å². The van der Waals surface area contributed by atoms with E-state index in [1.54, 1.807) is 0 Å². The monoisotopic (exact) mass is 407 g/mol. The standard InChI is InChI=1S/C19H37NO6S/c1-18(2,3)14(12-21)25-17(26-19(4,5)6)13-24-16(23)9-7-8-15(22)20-10-11-27/h14,17,21,27H,7-13H2,1-6H3,(H,20,22). The van der Waals surface area contributed by atoms with Crippen LogP contribution < -0.4 is 5.32 Å². The Morgan fingerprint density at radius 2 is 1.74 bits per heavy atom. The van der Waals surface area contributed by atoms with Crippen molar-refractivity contribution in [1.82, 2.24) is 5.32 Å². The smallest absolute Gasteiger partial charge is 0.305 e. The predicted octanol–water partition coefficient (Wildman–Crippen LogP) is 2.31. The van der Waals surface area contributed by atoms with Gasteiger partial charge < -0.3 is 24.6 Å². The molecule has 0 aliphatic carbocycles. The second-order valence-corrected chi connectivity index (χ2v) is 8.89. The summed E-state index contributed by atoms with van der Waals surface area (Å²) in [6.45, 7) is 11.7. The molecule has 27 heavy (non-hydrogen) atoms. The van der Waals surface area contributed by atoms with Crippen LogP contribution in [0.4, 0.5) is 0 Å². The Morgan fingerprint density at radius 3 is 2.22 bits per heavy atom. The lowest BCUT2D eigenvalue weighted by Gasteiger charge is -2.35. The number of carbonyl (C=O) groups excluding carboxylic acids is 2. The van der Waals surface area contributed by atoms with Gasteiger partial charge in [0.2, 0.25) is 5.91 Å². The van der Waals surface area contributed by atoms with Crippen molar-refractivity contribution in [3.8, 4) is 0 Å². The van der Waals surface area contributed by atoms with Crippen molar-refractivity contribution in [2.24, 2.45) is 5.41 Å². The summed E-state index contributed by atoms with van der Waals surface area (Å²) in [6.07, 6.45) is -0.440. The molecule has 2 unspecified atom stereocenters. The van der Waals surface area contributed by atoms with Gasteiger partial charge in [-0.3, -0.25) is 9.59 Å². The number of nitrogens with one attached hydrogen (secondary N) is 1. The lowest BCUT2D eigenvalue weighted by molar-refractivity contribution is -0.251. The molecule has 0 saturated carbocycles. The third-order valence-corrected chi connectivity index (χ3v) is 3.76. The molecule has 0 aromatic heterocycles. The molecule has 0 radical (unpaired) electrons. The van der Waals surface area contributed by atoms with Crippen LogP contribution in [0.1, 0.15) is 60.8 Å². The molecule has 1 amide bonds. The second kappa shape index (κ2) is 12.6. The molecule has 7 nitrogen and oxygen atoms in total. The second-order valence-electron chi connectivity index (χ2n) is 8.44. The van der Waals surface area contributed by atoms with Crippen molar-refractivity contribution in [3.05, 3.63) is 0 Å². The first-order chi connectivity index (χ1) is 12.4. The number of aliphatic hydroxyl groups excluding tert-OH is 1. The summed E-state index contributed by atoms with van der Waals surface area (Å²) in [5.41, 5.74) is -0.793. The van der Waals surface area contributed by atoms with Crippen LogP contribution in [0.15, 0.2) is 0 Å². The quantitative estimate of drug-likeness (QED) is 0.261. The third kappa shape index (κ3) is 13.9. The van der Waals surface area contributed by atoms with Crippen LogP contribution in [-0.4, -0.2) is 60.5 Å². The van der Waals surface area contributed by atoms with Gasteiger partial charge in [-0.15, -0.1) is 0 Å². The first-order valence-electron chi connectivity index (χ1n) is 9.36. The van der Waals surface area contributed by atoms with E-state index in [1.807, 2.05) is 41.5 Å². The maximum atomic E-state index is 11.9. The van der Waals surface area contributed by atoms with E-state index in [2.05, 4.69) is 17.9 Å². The van der Waals surface area contributed by atoms with E-state index in [0.717, 1.165) is 0 Å². The van der Waals surface area contributed by atoms with Crippen molar-refractivity contribution in [3.63, 3.8) is 0 Å². The van der Waals surface area contributed by atoms with Crippen molar-refractivity contribution in [1.29, 1.82) is 0 Å². The van der Waals surface area contributed by atoms with Crippen molar-refractivity contribution in [2.45, 2.75) is 78.8 Å². The van der Waals surface area contributed by atoms with E-state index >= 15 is 0 Å². The van der Waals surface area contributed by atoms with E-state index in [1.165, 1.54) is 0 Å².